The molecule has 0 aromatic heterocycles. The van der Waals surface area contributed by atoms with Crippen LogP contribution in [0.3, 0.4) is 0 Å². The van der Waals surface area contributed by atoms with Crippen LogP contribution in [0.2, 0.25) is 0 Å². The van der Waals surface area contributed by atoms with Gasteiger partial charge >= 0.3 is 0 Å². The summed E-state index contributed by atoms with van der Waals surface area (Å²) in [6.45, 7) is 11.0. The average molecular weight is 208 g/mol. The minimum Gasteiger partial charge on any atom is -0.300 e. The van der Waals surface area contributed by atoms with Gasteiger partial charge in [0.1, 0.15) is 0 Å². The van der Waals surface area contributed by atoms with Gasteiger partial charge in [-0.2, -0.15) is 5.26 Å². The summed E-state index contributed by atoms with van der Waals surface area (Å²) in [7, 11) is 0. The Labute approximate surface area is 94.3 Å². The molecule has 86 valence electrons. The Morgan fingerprint density at radius 2 is 2.13 bits per heavy atom. The maximum Gasteiger partial charge on any atom is 0.0684 e. The smallest absolute Gasteiger partial charge is 0.0684 e. The number of nitriles is 1. The fourth-order valence-corrected chi connectivity index (χ4v) is 2.36. The molecule has 2 heteroatoms. The highest BCUT2D eigenvalue weighted by molar-refractivity contribution is 4.93. The molecule has 1 unspecified atom stereocenters. The largest absolute Gasteiger partial charge is 0.300 e. The maximum absolute atomic E-state index is 8.97. The molecule has 1 atom stereocenters. The topological polar surface area (TPSA) is 27.0 Å². The van der Waals surface area contributed by atoms with E-state index >= 15 is 0 Å². The molecule has 0 radical (unpaired) electrons. The van der Waals surface area contributed by atoms with Crippen molar-refractivity contribution in [2.45, 2.75) is 53.0 Å². The van der Waals surface area contributed by atoms with Crippen LogP contribution in [0.4, 0.5) is 0 Å². The molecule has 15 heavy (non-hydrogen) atoms. The van der Waals surface area contributed by atoms with E-state index in [0.717, 1.165) is 24.9 Å². The van der Waals surface area contributed by atoms with Gasteiger partial charge in [-0.05, 0) is 52.1 Å². The summed E-state index contributed by atoms with van der Waals surface area (Å²) in [6, 6.07) is 3.13. The number of likely N-dealkylation sites (tertiary alicyclic amines) is 1. The van der Waals surface area contributed by atoms with Gasteiger partial charge in [0.15, 0.2) is 0 Å². The molecular weight excluding hydrogens is 184 g/mol. The first-order chi connectivity index (χ1) is 6.96. The van der Waals surface area contributed by atoms with Gasteiger partial charge in [-0.25, -0.2) is 0 Å². The van der Waals surface area contributed by atoms with Crippen molar-refractivity contribution in [2.75, 3.05) is 13.1 Å². The molecule has 0 amide bonds. The van der Waals surface area contributed by atoms with Crippen molar-refractivity contribution in [2.24, 2.45) is 11.3 Å². The van der Waals surface area contributed by atoms with E-state index in [2.05, 4.69) is 24.8 Å². The lowest BCUT2D eigenvalue weighted by molar-refractivity contribution is 0.187. The van der Waals surface area contributed by atoms with Crippen LogP contribution >= 0.6 is 0 Å². The van der Waals surface area contributed by atoms with Crippen LogP contribution in [0.15, 0.2) is 0 Å². The molecule has 0 saturated carbocycles. The summed E-state index contributed by atoms with van der Waals surface area (Å²) in [5, 5.41) is 8.97. The third kappa shape index (κ3) is 3.50. The second kappa shape index (κ2) is 4.99. The number of nitrogens with zero attached hydrogens (tertiary/aromatic N) is 2. The lowest BCUT2D eigenvalue weighted by Crippen LogP contribution is -2.35. The Hall–Kier alpha value is -0.550. The van der Waals surface area contributed by atoms with Crippen LogP contribution in [0.1, 0.15) is 47.0 Å². The van der Waals surface area contributed by atoms with Crippen molar-refractivity contribution in [3.8, 4) is 6.07 Å². The fourth-order valence-electron chi connectivity index (χ4n) is 2.36. The van der Waals surface area contributed by atoms with Crippen molar-refractivity contribution in [1.82, 2.24) is 4.90 Å². The van der Waals surface area contributed by atoms with Gasteiger partial charge in [0, 0.05) is 6.04 Å². The van der Waals surface area contributed by atoms with Crippen LogP contribution in [-0.4, -0.2) is 24.0 Å². The highest BCUT2D eigenvalue weighted by Crippen LogP contribution is 2.26. The number of rotatable bonds is 4. The number of hydrogen-bond acceptors (Lipinski definition) is 2. The lowest BCUT2D eigenvalue weighted by Gasteiger charge is -2.29. The van der Waals surface area contributed by atoms with Gasteiger partial charge in [0.2, 0.25) is 0 Å². The molecule has 1 aliphatic rings. The minimum absolute atomic E-state index is 0.163. The SMILES string of the molecule is CC(C)C1CCCN1CCC(C)(C)C#N. The summed E-state index contributed by atoms with van der Waals surface area (Å²) in [4.78, 5) is 2.57. The molecule has 0 aliphatic carbocycles. The quantitative estimate of drug-likeness (QED) is 0.710. The van der Waals surface area contributed by atoms with Crippen molar-refractivity contribution >= 4 is 0 Å². The van der Waals surface area contributed by atoms with Gasteiger partial charge < -0.3 is 4.90 Å². The molecule has 0 bridgehead atoms. The van der Waals surface area contributed by atoms with E-state index in [1.165, 1.54) is 19.4 Å². The van der Waals surface area contributed by atoms with Crippen LogP contribution < -0.4 is 0 Å². The van der Waals surface area contributed by atoms with E-state index in [0.29, 0.717) is 0 Å². The molecule has 0 N–H and O–H groups in total. The van der Waals surface area contributed by atoms with Crippen molar-refractivity contribution in [3.05, 3.63) is 0 Å². The zero-order valence-corrected chi connectivity index (χ0v) is 10.6. The maximum atomic E-state index is 8.97. The second-order valence-corrected chi connectivity index (χ2v) is 5.74. The van der Waals surface area contributed by atoms with E-state index in [-0.39, 0.29) is 5.41 Å². The minimum atomic E-state index is -0.163. The molecule has 1 fully saturated rings. The summed E-state index contributed by atoms with van der Waals surface area (Å²) >= 11 is 0. The van der Waals surface area contributed by atoms with E-state index in [4.69, 9.17) is 5.26 Å². The Kier molecular flexibility index (Phi) is 4.16. The summed E-state index contributed by atoms with van der Waals surface area (Å²) in [5.41, 5.74) is -0.163. The van der Waals surface area contributed by atoms with E-state index in [9.17, 15) is 0 Å². The first-order valence-electron chi connectivity index (χ1n) is 6.11. The summed E-state index contributed by atoms with van der Waals surface area (Å²) < 4.78 is 0. The summed E-state index contributed by atoms with van der Waals surface area (Å²) in [5.74, 6) is 0.748. The van der Waals surface area contributed by atoms with Crippen molar-refractivity contribution in [1.29, 1.82) is 5.26 Å². The Balaban J connectivity index is 2.42. The molecule has 0 spiro atoms. The molecule has 1 heterocycles. The molecule has 1 saturated heterocycles. The third-order valence-electron chi connectivity index (χ3n) is 3.51. The van der Waals surface area contributed by atoms with E-state index in [1.54, 1.807) is 0 Å². The zero-order valence-electron chi connectivity index (χ0n) is 10.6. The van der Waals surface area contributed by atoms with Crippen LogP contribution in [-0.2, 0) is 0 Å². The Morgan fingerprint density at radius 3 is 2.67 bits per heavy atom. The predicted octanol–water partition coefficient (Wildman–Crippen LogP) is 3.05. The second-order valence-electron chi connectivity index (χ2n) is 5.74. The van der Waals surface area contributed by atoms with Gasteiger partial charge in [0.25, 0.3) is 0 Å². The standard InChI is InChI=1S/C13H24N2/c1-11(2)12-6-5-8-15(12)9-7-13(3,4)10-14/h11-12H,5-9H2,1-4H3. The fraction of sp³-hybridized carbons (Fsp3) is 0.923. The molecule has 1 rings (SSSR count). The molecule has 0 aromatic carbocycles. The predicted molar refractivity (Wildman–Crippen MR) is 63.4 cm³/mol. The zero-order chi connectivity index (χ0) is 11.5. The Bertz CT molecular complexity index is 237. The highest BCUT2D eigenvalue weighted by Gasteiger charge is 2.28. The van der Waals surface area contributed by atoms with Gasteiger partial charge in [-0.1, -0.05) is 13.8 Å². The van der Waals surface area contributed by atoms with Gasteiger partial charge in [-0.15, -0.1) is 0 Å². The van der Waals surface area contributed by atoms with Crippen LogP contribution in [0.25, 0.3) is 0 Å². The Morgan fingerprint density at radius 1 is 1.47 bits per heavy atom. The third-order valence-corrected chi connectivity index (χ3v) is 3.51. The van der Waals surface area contributed by atoms with E-state index in [1.807, 2.05) is 13.8 Å². The molecule has 0 aromatic rings. The molecular formula is C13H24N2. The van der Waals surface area contributed by atoms with Gasteiger partial charge in [-0.3, -0.25) is 0 Å². The van der Waals surface area contributed by atoms with Crippen molar-refractivity contribution < 1.29 is 0 Å². The van der Waals surface area contributed by atoms with Crippen LogP contribution in [0.5, 0.6) is 0 Å². The number of hydrogen-bond donors (Lipinski definition) is 0. The highest BCUT2D eigenvalue weighted by atomic mass is 15.2. The first-order valence-corrected chi connectivity index (χ1v) is 6.11. The van der Waals surface area contributed by atoms with Crippen molar-refractivity contribution in [3.63, 3.8) is 0 Å². The first kappa shape index (κ1) is 12.5. The lowest BCUT2D eigenvalue weighted by atomic mass is 9.91. The summed E-state index contributed by atoms with van der Waals surface area (Å²) in [6.07, 6.45) is 3.66. The van der Waals surface area contributed by atoms with Gasteiger partial charge in [0.05, 0.1) is 11.5 Å². The van der Waals surface area contributed by atoms with Crippen LogP contribution in [0, 0.1) is 22.7 Å². The average Bonchev–Trinajstić information content (AvgIpc) is 2.63. The normalized spacial score (nSPS) is 23.3. The molecule has 2 nitrogen and oxygen atoms in total. The monoisotopic (exact) mass is 208 g/mol. The van der Waals surface area contributed by atoms with E-state index < -0.39 is 0 Å². The molecule has 1 aliphatic heterocycles.